The molecule has 0 aromatic heterocycles. The van der Waals surface area contributed by atoms with Crippen LogP contribution in [0, 0.1) is 0 Å². The zero-order valence-corrected chi connectivity index (χ0v) is 26.7. The molecule has 0 atom stereocenters. The minimum absolute atomic E-state index is 0.0859. The Balaban J connectivity index is 1.63. The highest BCUT2D eigenvalue weighted by Crippen LogP contribution is 2.48. The lowest BCUT2D eigenvalue weighted by Gasteiger charge is -2.25. The smallest absolute Gasteiger partial charge is 0.294 e. The predicted molar refractivity (Wildman–Crippen MR) is 165 cm³/mol. The third kappa shape index (κ3) is 6.29. The number of unbranched alkanes of at least 4 members (excludes halogenated alkanes) is 2. The standard InChI is InChI=1S/C32H40N2O6S2/c1-7-9-13-20-34-28-19-17-24(42(36,37)38)22-26(28)32(5,6)30(34)15-12-10-11-14-29-31(3,4)25-21-23(41-40-39-35)16-18-27(25)33(29)8-2/h10-12,14-19,21-22H,7-9,13,20H2,1-6H3,(H-,35,36,37,38). The first-order valence-electron chi connectivity index (χ1n) is 14.3. The molecule has 2 aliphatic rings. The van der Waals surface area contributed by atoms with Crippen molar-refractivity contribution in [2.24, 2.45) is 0 Å². The molecule has 0 saturated heterocycles. The second-order valence-corrected chi connectivity index (χ2v) is 13.8. The van der Waals surface area contributed by atoms with Crippen molar-refractivity contribution in [2.75, 3.05) is 18.0 Å². The van der Waals surface area contributed by atoms with Crippen molar-refractivity contribution in [3.8, 4) is 0 Å². The van der Waals surface area contributed by atoms with E-state index in [4.69, 9.17) is 0 Å². The molecule has 2 heterocycles. The van der Waals surface area contributed by atoms with Gasteiger partial charge in [0, 0.05) is 52.4 Å². The Morgan fingerprint density at radius 3 is 2.43 bits per heavy atom. The number of nitrogens with zero attached hydrogens (tertiary/aromatic N) is 2. The molecule has 0 amide bonds. The molecule has 2 aromatic carbocycles. The Labute approximate surface area is 253 Å². The molecule has 4 rings (SSSR count). The van der Waals surface area contributed by atoms with Crippen LogP contribution in [0.3, 0.4) is 0 Å². The highest BCUT2D eigenvalue weighted by atomic mass is 32.2. The summed E-state index contributed by atoms with van der Waals surface area (Å²) in [6.07, 6.45) is 13.5. The van der Waals surface area contributed by atoms with Gasteiger partial charge in [-0.25, -0.2) is 0 Å². The van der Waals surface area contributed by atoms with Crippen LogP contribution in [0.2, 0.25) is 0 Å². The number of hydrogen-bond donors (Lipinski definition) is 1. The van der Waals surface area contributed by atoms with Gasteiger partial charge in [0.05, 0.1) is 22.4 Å². The molecule has 2 aromatic rings. The zero-order chi connectivity index (χ0) is 30.7. The lowest BCUT2D eigenvalue weighted by atomic mass is 9.81. The monoisotopic (exact) mass is 612 g/mol. The van der Waals surface area contributed by atoms with Crippen molar-refractivity contribution in [3.05, 3.63) is 83.6 Å². The van der Waals surface area contributed by atoms with Crippen LogP contribution in [-0.4, -0.2) is 36.3 Å². The average Bonchev–Trinajstić information content (AvgIpc) is 3.29. The first-order chi connectivity index (χ1) is 19.9. The summed E-state index contributed by atoms with van der Waals surface area (Å²) >= 11 is 0.893. The Morgan fingerprint density at radius 1 is 1.00 bits per heavy atom. The third-order valence-corrected chi connectivity index (χ3v) is 9.63. The molecular formula is C32H40N2O6S2. The first-order valence-corrected chi connectivity index (χ1v) is 16.4. The number of rotatable bonds is 12. The van der Waals surface area contributed by atoms with Gasteiger partial charge in [0.1, 0.15) is 6.54 Å². The molecule has 0 radical (unpaired) electrons. The van der Waals surface area contributed by atoms with Crippen molar-refractivity contribution in [3.63, 3.8) is 0 Å². The van der Waals surface area contributed by atoms with Crippen LogP contribution < -0.4 is 10.2 Å². The number of allylic oxidation sites excluding steroid dienone is 6. The van der Waals surface area contributed by atoms with E-state index in [2.05, 4.69) is 72.5 Å². The second kappa shape index (κ2) is 12.9. The Hall–Kier alpha value is -2.73. The zero-order valence-electron chi connectivity index (χ0n) is 25.1. The van der Waals surface area contributed by atoms with E-state index in [-0.39, 0.29) is 10.3 Å². The van der Waals surface area contributed by atoms with Gasteiger partial charge in [0.15, 0.2) is 5.71 Å². The van der Waals surface area contributed by atoms with E-state index < -0.39 is 15.5 Å². The number of likely N-dealkylation sites (N-methyl/N-ethyl adjacent to an activating group) is 1. The normalized spacial score (nSPS) is 18.6. The molecule has 226 valence electrons. The Bertz CT molecular complexity index is 1550. The van der Waals surface area contributed by atoms with Crippen LogP contribution in [0.4, 0.5) is 11.4 Å². The maximum absolute atomic E-state index is 11.9. The summed E-state index contributed by atoms with van der Waals surface area (Å²) in [6, 6.07) is 10.9. The molecule has 2 aliphatic heterocycles. The summed E-state index contributed by atoms with van der Waals surface area (Å²) in [5.74, 6) is 0. The largest absolute Gasteiger partial charge is 0.691 e. The molecular weight excluding hydrogens is 572 g/mol. The molecule has 1 N–H and O–H groups in total. The fourth-order valence-corrected chi connectivity index (χ4v) is 6.94. The van der Waals surface area contributed by atoms with Crippen LogP contribution >= 0.6 is 12.0 Å². The fourth-order valence-electron chi connectivity index (χ4n) is 6.03. The second-order valence-electron chi connectivity index (χ2n) is 11.6. The Kier molecular flexibility index (Phi) is 9.86. The minimum atomic E-state index is -4.30. The lowest BCUT2D eigenvalue weighted by Crippen LogP contribution is -2.28. The van der Waals surface area contributed by atoms with Crippen molar-refractivity contribution < 1.29 is 32.2 Å². The quantitative estimate of drug-likeness (QED) is 0.0548. The number of anilines is 1. The maximum atomic E-state index is 11.9. The summed E-state index contributed by atoms with van der Waals surface area (Å²) in [4.78, 5) is 2.99. The van der Waals surface area contributed by atoms with Gasteiger partial charge in [-0.05, 0) is 69.2 Å². The van der Waals surface area contributed by atoms with Crippen molar-refractivity contribution in [2.45, 2.75) is 81.4 Å². The van der Waals surface area contributed by atoms with E-state index in [0.29, 0.717) is 0 Å². The summed E-state index contributed by atoms with van der Waals surface area (Å²) in [6.45, 7) is 14.5. The lowest BCUT2D eigenvalue weighted by molar-refractivity contribution is -0.777. The van der Waals surface area contributed by atoms with Crippen molar-refractivity contribution >= 4 is 39.2 Å². The molecule has 0 spiro atoms. The summed E-state index contributed by atoms with van der Waals surface area (Å²) in [7, 11) is -4.30. The topological polar surface area (TPSA) is 102 Å². The molecule has 0 aliphatic carbocycles. The fraction of sp³-hybridized carbons (Fsp3) is 0.406. The van der Waals surface area contributed by atoms with Gasteiger partial charge < -0.3 is 10.2 Å². The van der Waals surface area contributed by atoms with E-state index in [1.165, 1.54) is 6.07 Å². The van der Waals surface area contributed by atoms with E-state index in [1.54, 1.807) is 12.1 Å². The SMILES string of the molecule is CCCCC[N+]1=C(/C=C/C=C/C=C2/N(CC)c3ccc(SOO[O-])cc3C2(C)C)C(C)(C)c2cc(S(=O)(=O)O)ccc21. The first kappa shape index (κ1) is 32.2. The van der Waals surface area contributed by atoms with Gasteiger partial charge in [0.2, 0.25) is 5.69 Å². The van der Waals surface area contributed by atoms with Crippen LogP contribution in [0.1, 0.15) is 71.9 Å². The van der Waals surface area contributed by atoms with Gasteiger partial charge in [-0.1, -0.05) is 45.4 Å². The van der Waals surface area contributed by atoms with Crippen LogP contribution in [0.25, 0.3) is 0 Å². The van der Waals surface area contributed by atoms with Crippen LogP contribution in [-0.2, 0) is 30.3 Å². The van der Waals surface area contributed by atoms with Crippen molar-refractivity contribution in [1.29, 1.82) is 0 Å². The molecule has 10 heteroatoms. The van der Waals surface area contributed by atoms with Gasteiger partial charge in [-0.2, -0.15) is 17.3 Å². The number of benzene rings is 2. The van der Waals surface area contributed by atoms with Gasteiger partial charge in [-0.15, -0.1) is 0 Å². The maximum Gasteiger partial charge on any atom is 0.294 e. The number of fused-ring (bicyclic) bond motifs is 2. The molecule has 0 unspecified atom stereocenters. The van der Waals surface area contributed by atoms with Gasteiger partial charge in [-0.3, -0.25) is 9.59 Å². The highest BCUT2D eigenvalue weighted by molar-refractivity contribution is 7.94. The highest BCUT2D eigenvalue weighted by Gasteiger charge is 2.45. The summed E-state index contributed by atoms with van der Waals surface area (Å²) < 4.78 is 40.2. The summed E-state index contributed by atoms with van der Waals surface area (Å²) in [5, 5.41) is 13.8. The molecule has 0 saturated carbocycles. The average molecular weight is 613 g/mol. The van der Waals surface area contributed by atoms with Crippen LogP contribution in [0.5, 0.6) is 0 Å². The van der Waals surface area contributed by atoms with Gasteiger partial charge in [0.25, 0.3) is 10.1 Å². The molecule has 0 bridgehead atoms. The van der Waals surface area contributed by atoms with E-state index >= 15 is 0 Å². The number of hydrogen-bond acceptors (Lipinski definition) is 7. The Morgan fingerprint density at radius 2 is 1.76 bits per heavy atom. The summed E-state index contributed by atoms with van der Waals surface area (Å²) in [5.41, 5.74) is 5.65. The molecule has 0 fully saturated rings. The predicted octanol–water partition coefficient (Wildman–Crippen LogP) is 6.54. The minimum Gasteiger partial charge on any atom is -0.691 e. The van der Waals surface area contributed by atoms with Crippen molar-refractivity contribution in [1.82, 2.24) is 0 Å². The van der Waals surface area contributed by atoms with Crippen LogP contribution in [0.15, 0.2) is 82.3 Å². The van der Waals surface area contributed by atoms with E-state index in [0.717, 1.165) is 83.2 Å². The van der Waals surface area contributed by atoms with E-state index in [9.17, 15) is 18.2 Å². The molecule has 42 heavy (non-hydrogen) atoms. The third-order valence-electron chi connectivity index (χ3n) is 8.21. The molecule has 8 nitrogen and oxygen atoms in total. The van der Waals surface area contributed by atoms with E-state index in [1.807, 2.05) is 36.4 Å². The van der Waals surface area contributed by atoms with Gasteiger partial charge >= 0.3 is 0 Å².